The minimum absolute atomic E-state index is 0.158. The van der Waals surface area contributed by atoms with Crippen LogP contribution in [0.1, 0.15) is 66.3 Å². The second-order valence-electron chi connectivity index (χ2n) is 10.2. The van der Waals surface area contributed by atoms with Gasteiger partial charge in [-0.25, -0.2) is 0 Å². The molecule has 1 atom stereocenters. The lowest BCUT2D eigenvalue weighted by Gasteiger charge is -2.32. The number of aromatic amines is 1. The number of aryl methyl sites for hydroxylation is 3. The molecule has 6 rings (SSSR count). The SMILES string of the molecule is Cc1ccc(-c2c[nH]c3c([C@@H](c4ccccn4)C4CCCCC4)c(-c4c(C)noc4C)cnc23)cc1. The van der Waals surface area contributed by atoms with E-state index in [9.17, 15) is 0 Å². The zero-order valence-electron chi connectivity index (χ0n) is 21.2. The Balaban J connectivity index is 1.65. The average Bonchev–Trinajstić information content (AvgIpc) is 3.49. The monoisotopic (exact) mass is 476 g/mol. The van der Waals surface area contributed by atoms with Crippen LogP contribution in [0, 0.1) is 26.7 Å². The van der Waals surface area contributed by atoms with E-state index in [1.807, 2.05) is 32.3 Å². The minimum atomic E-state index is 0.158. The second kappa shape index (κ2) is 9.38. The molecule has 0 radical (unpaired) electrons. The molecule has 1 aliphatic carbocycles. The number of rotatable bonds is 5. The van der Waals surface area contributed by atoms with E-state index in [0.29, 0.717) is 5.92 Å². The van der Waals surface area contributed by atoms with Crippen LogP contribution in [0.15, 0.2) is 65.6 Å². The number of pyridine rings is 2. The van der Waals surface area contributed by atoms with Gasteiger partial charge in [-0.2, -0.15) is 0 Å². The quantitative estimate of drug-likeness (QED) is 0.280. The van der Waals surface area contributed by atoms with Gasteiger partial charge in [-0.15, -0.1) is 0 Å². The molecule has 1 saturated carbocycles. The molecule has 1 aromatic carbocycles. The van der Waals surface area contributed by atoms with Gasteiger partial charge in [0, 0.05) is 46.9 Å². The second-order valence-corrected chi connectivity index (χ2v) is 10.2. The van der Waals surface area contributed by atoms with Gasteiger partial charge in [-0.1, -0.05) is 60.3 Å². The fourth-order valence-electron chi connectivity index (χ4n) is 6.08. The summed E-state index contributed by atoms with van der Waals surface area (Å²) in [7, 11) is 0. The van der Waals surface area contributed by atoms with Crippen molar-refractivity contribution >= 4 is 11.0 Å². The summed E-state index contributed by atoms with van der Waals surface area (Å²) in [5.74, 6) is 1.50. The number of H-pyrrole nitrogens is 1. The molecule has 5 aromatic rings. The Morgan fingerprint density at radius 3 is 2.42 bits per heavy atom. The van der Waals surface area contributed by atoms with Crippen molar-refractivity contribution in [2.45, 2.75) is 58.8 Å². The molecule has 1 fully saturated rings. The zero-order chi connectivity index (χ0) is 24.6. The summed E-state index contributed by atoms with van der Waals surface area (Å²) in [6.07, 6.45) is 12.3. The Labute approximate surface area is 212 Å². The third-order valence-electron chi connectivity index (χ3n) is 7.84. The summed E-state index contributed by atoms with van der Waals surface area (Å²) < 4.78 is 5.63. The summed E-state index contributed by atoms with van der Waals surface area (Å²) in [6, 6.07) is 15.0. The van der Waals surface area contributed by atoms with Crippen molar-refractivity contribution in [3.8, 4) is 22.3 Å². The van der Waals surface area contributed by atoms with Gasteiger partial charge < -0.3 is 9.51 Å². The topological polar surface area (TPSA) is 67.6 Å². The molecule has 36 heavy (non-hydrogen) atoms. The third-order valence-corrected chi connectivity index (χ3v) is 7.84. The van der Waals surface area contributed by atoms with Gasteiger partial charge >= 0.3 is 0 Å². The maximum atomic E-state index is 5.63. The first-order valence-electron chi connectivity index (χ1n) is 13.0. The zero-order valence-corrected chi connectivity index (χ0v) is 21.2. The van der Waals surface area contributed by atoms with E-state index in [-0.39, 0.29) is 5.92 Å². The summed E-state index contributed by atoms with van der Waals surface area (Å²) >= 11 is 0. The molecule has 0 spiro atoms. The van der Waals surface area contributed by atoms with Crippen LogP contribution in [0.2, 0.25) is 0 Å². The van der Waals surface area contributed by atoms with Gasteiger partial charge in [0.25, 0.3) is 0 Å². The van der Waals surface area contributed by atoms with Gasteiger partial charge in [-0.3, -0.25) is 9.97 Å². The highest BCUT2D eigenvalue weighted by Gasteiger charge is 2.33. The third kappa shape index (κ3) is 3.93. The smallest absolute Gasteiger partial charge is 0.141 e. The molecule has 0 saturated heterocycles. The van der Waals surface area contributed by atoms with Crippen molar-refractivity contribution in [2.75, 3.05) is 0 Å². The number of hydrogen-bond donors (Lipinski definition) is 1. The number of nitrogens with zero attached hydrogens (tertiary/aromatic N) is 3. The Kier molecular flexibility index (Phi) is 5.92. The Hall–Kier alpha value is -3.73. The van der Waals surface area contributed by atoms with Gasteiger partial charge in [0.1, 0.15) is 5.76 Å². The molecule has 182 valence electrons. The van der Waals surface area contributed by atoms with Gasteiger partial charge in [-0.05, 0) is 62.8 Å². The van der Waals surface area contributed by atoms with Gasteiger partial charge in [0.05, 0.1) is 16.7 Å². The first-order valence-corrected chi connectivity index (χ1v) is 13.0. The molecule has 5 nitrogen and oxygen atoms in total. The lowest BCUT2D eigenvalue weighted by atomic mass is 9.73. The van der Waals surface area contributed by atoms with E-state index in [1.54, 1.807) is 0 Å². The molecule has 0 aliphatic heterocycles. The first kappa shape index (κ1) is 22.7. The van der Waals surface area contributed by atoms with Gasteiger partial charge in [0.2, 0.25) is 0 Å². The highest BCUT2D eigenvalue weighted by molar-refractivity contribution is 5.97. The predicted molar refractivity (Wildman–Crippen MR) is 144 cm³/mol. The molecule has 5 heteroatoms. The van der Waals surface area contributed by atoms with Crippen LogP contribution in [-0.4, -0.2) is 20.1 Å². The fraction of sp³-hybridized carbons (Fsp3) is 0.323. The van der Waals surface area contributed by atoms with Crippen LogP contribution in [0.3, 0.4) is 0 Å². The van der Waals surface area contributed by atoms with Crippen LogP contribution in [0.25, 0.3) is 33.3 Å². The standard InChI is InChI=1S/C31H32N4O/c1-19-12-14-22(15-13-19)24-17-34-31-29(25(18-33-30(24)31)27-20(2)35-36-21(27)3)28(23-9-5-4-6-10-23)26-11-7-8-16-32-26/h7-8,11-18,23,28,34H,4-6,9-10H2,1-3H3/t28-/m1/s1. The Morgan fingerprint density at radius 1 is 0.917 bits per heavy atom. The van der Waals surface area contributed by atoms with Crippen LogP contribution in [-0.2, 0) is 0 Å². The summed E-state index contributed by atoms with van der Waals surface area (Å²) in [5, 5.41) is 4.29. The highest BCUT2D eigenvalue weighted by Crippen LogP contribution is 2.47. The van der Waals surface area contributed by atoms with E-state index in [4.69, 9.17) is 14.5 Å². The molecular weight excluding hydrogens is 444 g/mol. The van der Waals surface area contributed by atoms with Crippen molar-refractivity contribution in [3.63, 3.8) is 0 Å². The average molecular weight is 477 g/mol. The lowest BCUT2D eigenvalue weighted by Crippen LogP contribution is -2.20. The maximum absolute atomic E-state index is 5.63. The molecule has 4 heterocycles. The molecule has 1 aliphatic rings. The molecule has 0 unspecified atom stereocenters. The molecular formula is C31H32N4O. The van der Waals surface area contributed by atoms with Crippen LogP contribution >= 0.6 is 0 Å². The number of nitrogens with one attached hydrogen (secondary N) is 1. The molecule has 1 N–H and O–H groups in total. The van der Waals surface area contributed by atoms with Gasteiger partial charge in [0.15, 0.2) is 0 Å². The fourth-order valence-corrected chi connectivity index (χ4v) is 6.08. The number of benzene rings is 1. The largest absolute Gasteiger partial charge is 0.361 e. The Morgan fingerprint density at radius 2 is 1.72 bits per heavy atom. The van der Waals surface area contributed by atoms with Crippen LogP contribution < -0.4 is 0 Å². The molecule has 4 aromatic heterocycles. The van der Waals surface area contributed by atoms with Crippen LogP contribution in [0.5, 0.6) is 0 Å². The van der Waals surface area contributed by atoms with Crippen molar-refractivity contribution in [1.29, 1.82) is 0 Å². The minimum Gasteiger partial charge on any atom is -0.361 e. The van der Waals surface area contributed by atoms with Crippen molar-refractivity contribution in [3.05, 3.63) is 89.3 Å². The van der Waals surface area contributed by atoms with Crippen LogP contribution in [0.4, 0.5) is 0 Å². The Bertz CT molecular complexity index is 1470. The van der Waals surface area contributed by atoms with E-state index in [2.05, 4.69) is 59.7 Å². The van der Waals surface area contributed by atoms with Crippen molar-refractivity contribution in [2.24, 2.45) is 5.92 Å². The first-order chi connectivity index (χ1) is 17.6. The van der Waals surface area contributed by atoms with E-state index in [0.717, 1.165) is 44.9 Å². The predicted octanol–water partition coefficient (Wildman–Crippen LogP) is 7.92. The number of aromatic nitrogens is 4. The van der Waals surface area contributed by atoms with E-state index >= 15 is 0 Å². The van der Waals surface area contributed by atoms with E-state index < -0.39 is 0 Å². The normalized spacial score (nSPS) is 15.4. The summed E-state index contributed by atoms with van der Waals surface area (Å²) in [6.45, 7) is 6.13. The summed E-state index contributed by atoms with van der Waals surface area (Å²) in [5.41, 5.74) is 11.0. The molecule has 0 amide bonds. The van der Waals surface area contributed by atoms with E-state index in [1.165, 1.54) is 48.8 Å². The lowest BCUT2D eigenvalue weighted by molar-refractivity contribution is 0.325. The molecule has 0 bridgehead atoms. The highest BCUT2D eigenvalue weighted by atomic mass is 16.5. The number of fused-ring (bicyclic) bond motifs is 1. The maximum Gasteiger partial charge on any atom is 0.141 e. The summed E-state index contributed by atoms with van der Waals surface area (Å²) in [4.78, 5) is 13.6. The van der Waals surface area contributed by atoms with Crippen molar-refractivity contribution < 1.29 is 4.52 Å². The van der Waals surface area contributed by atoms with Crippen molar-refractivity contribution in [1.82, 2.24) is 20.1 Å². The number of hydrogen-bond acceptors (Lipinski definition) is 4.